The van der Waals surface area contributed by atoms with E-state index in [1.54, 1.807) is 0 Å². The fraction of sp³-hybridized carbons (Fsp3) is 0.905. The van der Waals surface area contributed by atoms with E-state index in [-0.39, 0.29) is 11.8 Å². The largest absolute Gasteiger partial charge is 0.342 e. The summed E-state index contributed by atoms with van der Waals surface area (Å²) in [5.74, 6) is 0.824. The maximum Gasteiger partial charge on any atom is 0.237 e. The minimum absolute atomic E-state index is 0.173. The SMILES string of the molecule is CC1CCCC(C)N1C(=O)CN1CCC(C(=O)N2CCCCCC2)CC1. The predicted octanol–water partition coefficient (Wildman–Crippen LogP) is 2.89. The van der Waals surface area contributed by atoms with Crippen molar-refractivity contribution in [1.29, 1.82) is 0 Å². The van der Waals surface area contributed by atoms with Crippen LogP contribution in [0.2, 0.25) is 0 Å². The predicted molar refractivity (Wildman–Crippen MR) is 104 cm³/mol. The van der Waals surface area contributed by atoms with Crippen molar-refractivity contribution in [2.24, 2.45) is 5.92 Å². The van der Waals surface area contributed by atoms with Crippen LogP contribution in [0.25, 0.3) is 0 Å². The molecule has 3 fully saturated rings. The molecule has 0 bridgehead atoms. The number of amides is 2. The van der Waals surface area contributed by atoms with E-state index in [1.165, 1.54) is 19.3 Å². The molecule has 3 heterocycles. The molecule has 5 heteroatoms. The summed E-state index contributed by atoms with van der Waals surface area (Å²) >= 11 is 0. The van der Waals surface area contributed by atoms with Gasteiger partial charge < -0.3 is 9.80 Å². The zero-order chi connectivity index (χ0) is 18.5. The van der Waals surface area contributed by atoms with Crippen molar-refractivity contribution in [3.05, 3.63) is 0 Å². The van der Waals surface area contributed by atoms with E-state index in [9.17, 15) is 9.59 Å². The molecule has 0 aromatic rings. The maximum atomic E-state index is 12.8. The van der Waals surface area contributed by atoms with Crippen LogP contribution < -0.4 is 0 Å². The number of hydrogen-bond acceptors (Lipinski definition) is 3. The summed E-state index contributed by atoms with van der Waals surface area (Å²) in [5, 5.41) is 0. The first-order valence-electron chi connectivity index (χ1n) is 10.9. The minimum atomic E-state index is 0.173. The molecule has 0 N–H and O–H groups in total. The Balaban J connectivity index is 1.46. The van der Waals surface area contributed by atoms with Gasteiger partial charge in [-0.2, -0.15) is 0 Å². The normalized spacial score (nSPS) is 29.5. The number of carbonyl (C=O) groups is 2. The summed E-state index contributed by atoms with van der Waals surface area (Å²) in [6.07, 6.45) is 10.1. The Kier molecular flexibility index (Phi) is 6.96. The standard InChI is InChI=1S/C21H37N3O2/c1-17-8-7-9-18(2)24(17)20(25)16-22-14-10-19(11-15-22)21(26)23-12-5-3-4-6-13-23/h17-19H,3-16H2,1-2H3. The monoisotopic (exact) mass is 363 g/mol. The van der Waals surface area contributed by atoms with E-state index < -0.39 is 0 Å². The third-order valence-electron chi connectivity index (χ3n) is 6.69. The van der Waals surface area contributed by atoms with E-state index in [0.717, 1.165) is 64.7 Å². The molecule has 2 atom stereocenters. The van der Waals surface area contributed by atoms with Gasteiger partial charge in [0, 0.05) is 31.1 Å². The van der Waals surface area contributed by atoms with Gasteiger partial charge in [-0.25, -0.2) is 0 Å². The zero-order valence-electron chi connectivity index (χ0n) is 16.8. The van der Waals surface area contributed by atoms with Gasteiger partial charge in [-0.05, 0) is 71.9 Å². The number of rotatable bonds is 3. The Labute approximate surface area is 159 Å². The van der Waals surface area contributed by atoms with Crippen molar-refractivity contribution in [3.63, 3.8) is 0 Å². The molecule has 2 unspecified atom stereocenters. The molecule has 0 saturated carbocycles. The molecule has 0 radical (unpaired) electrons. The van der Waals surface area contributed by atoms with E-state index in [1.807, 2.05) is 0 Å². The van der Waals surface area contributed by atoms with E-state index in [4.69, 9.17) is 0 Å². The Morgan fingerprint density at radius 3 is 1.92 bits per heavy atom. The molecule has 3 aliphatic heterocycles. The molecular formula is C21H37N3O2. The molecule has 3 aliphatic rings. The lowest BCUT2D eigenvalue weighted by atomic mass is 9.94. The number of hydrogen-bond donors (Lipinski definition) is 0. The molecule has 3 saturated heterocycles. The van der Waals surface area contributed by atoms with Crippen LogP contribution in [0.5, 0.6) is 0 Å². The highest BCUT2D eigenvalue weighted by Gasteiger charge is 2.32. The van der Waals surface area contributed by atoms with Gasteiger partial charge >= 0.3 is 0 Å². The molecule has 0 aromatic heterocycles. The first-order valence-corrected chi connectivity index (χ1v) is 10.9. The van der Waals surface area contributed by atoms with Crippen molar-refractivity contribution >= 4 is 11.8 Å². The number of carbonyl (C=O) groups excluding carboxylic acids is 2. The van der Waals surface area contributed by atoms with Crippen molar-refractivity contribution < 1.29 is 9.59 Å². The molecule has 148 valence electrons. The Morgan fingerprint density at radius 2 is 1.35 bits per heavy atom. The maximum absolute atomic E-state index is 12.8. The lowest BCUT2D eigenvalue weighted by Gasteiger charge is -2.41. The zero-order valence-corrected chi connectivity index (χ0v) is 16.8. The molecule has 0 spiro atoms. The van der Waals surface area contributed by atoms with Crippen LogP contribution in [0, 0.1) is 5.92 Å². The summed E-state index contributed by atoms with van der Waals surface area (Å²) in [5.41, 5.74) is 0. The van der Waals surface area contributed by atoms with Gasteiger partial charge in [0.1, 0.15) is 0 Å². The molecule has 2 amide bonds. The molecule has 3 rings (SSSR count). The third-order valence-corrected chi connectivity index (χ3v) is 6.69. The second-order valence-electron chi connectivity index (χ2n) is 8.72. The van der Waals surface area contributed by atoms with Gasteiger partial charge in [-0.3, -0.25) is 14.5 Å². The van der Waals surface area contributed by atoms with Crippen molar-refractivity contribution in [2.75, 3.05) is 32.7 Å². The number of likely N-dealkylation sites (tertiary alicyclic amines) is 3. The van der Waals surface area contributed by atoms with Crippen LogP contribution >= 0.6 is 0 Å². The van der Waals surface area contributed by atoms with Crippen molar-refractivity contribution in [2.45, 2.75) is 83.7 Å². The Bertz CT molecular complexity index is 470. The topological polar surface area (TPSA) is 43.9 Å². The molecule has 0 aromatic carbocycles. The molecular weight excluding hydrogens is 326 g/mol. The summed E-state index contributed by atoms with van der Waals surface area (Å²) in [4.78, 5) is 32.1. The average molecular weight is 364 g/mol. The Hall–Kier alpha value is -1.10. The van der Waals surface area contributed by atoms with E-state index in [2.05, 4.69) is 28.5 Å². The van der Waals surface area contributed by atoms with Crippen LogP contribution in [0.1, 0.15) is 71.6 Å². The van der Waals surface area contributed by atoms with Gasteiger partial charge in [0.25, 0.3) is 0 Å². The van der Waals surface area contributed by atoms with Crippen LogP contribution in [-0.4, -0.2) is 71.3 Å². The Morgan fingerprint density at radius 1 is 0.769 bits per heavy atom. The lowest BCUT2D eigenvalue weighted by molar-refractivity contribution is -0.139. The summed E-state index contributed by atoms with van der Waals surface area (Å²) in [7, 11) is 0. The lowest BCUT2D eigenvalue weighted by Crippen LogP contribution is -2.52. The quantitative estimate of drug-likeness (QED) is 0.774. The highest BCUT2D eigenvalue weighted by molar-refractivity contribution is 5.80. The van der Waals surface area contributed by atoms with E-state index in [0.29, 0.717) is 24.5 Å². The van der Waals surface area contributed by atoms with Gasteiger partial charge in [-0.15, -0.1) is 0 Å². The highest BCUT2D eigenvalue weighted by Crippen LogP contribution is 2.25. The first-order chi connectivity index (χ1) is 12.6. The third kappa shape index (κ3) is 4.79. The van der Waals surface area contributed by atoms with E-state index >= 15 is 0 Å². The van der Waals surface area contributed by atoms with Gasteiger partial charge in [-0.1, -0.05) is 12.8 Å². The molecule has 26 heavy (non-hydrogen) atoms. The fourth-order valence-electron chi connectivity index (χ4n) is 5.07. The molecule has 5 nitrogen and oxygen atoms in total. The fourth-order valence-corrected chi connectivity index (χ4v) is 5.07. The number of nitrogens with zero attached hydrogens (tertiary/aromatic N) is 3. The van der Waals surface area contributed by atoms with Crippen molar-refractivity contribution in [3.8, 4) is 0 Å². The number of piperidine rings is 2. The van der Waals surface area contributed by atoms with Gasteiger partial charge in [0.2, 0.25) is 11.8 Å². The average Bonchev–Trinajstić information content (AvgIpc) is 2.91. The van der Waals surface area contributed by atoms with Crippen LogP contribution in [0.15, 0.2) is 0 Å². The van der Waals surface area contributed by atoms with Crippen LogP contribution in [0.3, 0.4) is 0 Å². The van der Waals surface area contributed by atoms with Crippen LogP contribution in [0.4, 0.5) is 0 Å². The van der Waals surface area contributed by atoms with Crippen molar-refractivity contribution in [1.82, 2.24) is 14.7 Å². The second-order valence-corrected chi connectivity index (χ2v) is 8.72. The smallest absolute Gasteiger partial charge is 0.237 e. The minimum Gasteiger partial charge on any atom is -0.342 e. The van der Waals surface area contributed by atoms with Gasteiger partial charge in [0.05, 0.1) is 6.54 Å². The second kappa shape index (κ2) is 9.20. The first kappa shape index (κ1) is 19.7. The van der Waals surface area contributed by atoms with Crippen LogP contribution in [-0.2, 0) is 9.59 Å². The molecule has 0 aliphatic carbocycles. The summed E-state index contributed by atoms with van der Waals surface area (Å²) < 4.78 is 0. The highest BCUT2D eigenvalue weighted by atomic mass is 16.2. The summed E-state index contributed by atoms with van der Waals surface area (Å²) in [6, 6.07) is 0.738. The summed E-state index contributed by atoms with van der Waals surface area (Å²) in [6.45, 7) is 8.54. The van der Waals surface area contributed by atoms with Gasteiger partial charge in [0.15, 0.2) is 0 Å².